The van der Waals surface area contributed by atoms with Gasteiger partial charge in [0.25, 0.3) is 0 Å². The van der Waals surface area contributed by atoms with E-state index in [4.69, 9.17) is 4.74 Å². The molecule has 1 aromatic carbocycles. The maximum atomic E-state index is 11.5. The zero-order chi connectivity index (χ0) is 12.7. The number of carbonyl (C=O) groups excluding carboxylic acids is 1. The van der Waals surface area contributed by atoms with Crippen LogP contribution < -0.4 is 0 Å². The number of hydrogen-bond donors (Lipinski definition) is 0. The summed E-state index contributed by atoms with van der Waals surface area (Å²) in [6.07, 6.45) is 3.47. The number of carbonyl (C=O) groups is 1. The molecular weight excluding hydrogens is 212 g/mol. The Balaban J connectivity index is 2.67. The number of ether oxygens (including phenoxy) is 1. The van der Waals surface area contributed by atoms with Crippen molar-refractivity contribution >= 4 is 11.5 Å². The van der Waals surface area contributed by atoms with E-state index in [-0.39, 0.29) is 5.97 Å². The van der Waals surface area contributed by atoms with Gasteiger partial charge >= 0.3 is 5.97 Å². The number of hydrogen-bond acceptors (Lipinski definition) is 2. The van der Waals surface area contributed by atoms with Gasteiger partial charge in [-0.25, -0.2) is 4.79 Å². The molecule has 0 N–H and O–H groups in total. The summed E-state index contributed by atoms with van der Waals surface area (Å²) >= 11 is 0. The molecule has 0 spiro atoms. The fourth-order valence-corrected chi connectivity index (χ4v) is 1.59. The highest BCUT2D eigenvalue weighted by Gasteiger charge is 2.09. The van der Waals surface area contributed by atoms with Gasteiger partial charge in [0.1, 0.15) is 0 Å². The summed E-state index contributed by atoms with van der Waals surface area (Å²) in [5.41, 5.74) is 2.56. The predicted octanol–water partition coefficient (Wildman–Crippen LogP) is 3.61. The third kappa shape index (κ3) is 4.06. The van der Waals surface area contributed by atoms with E-state index in [1.54, 1.807) is 6.92 Å². The maximum absolute atomic E-state index is 11.5. The highest BCUT2D eigenvalue weighted by atomic mass is 16.5. The van der Waals surface area contributed by atoms with Crippen LogP contribution in [0.25, 0.3) is 5.57 Å². The molecule has 0 bridgehead atoms. The SMILES string of the molecule is C=C(C(=O)OCC)c1ccc(CCCC)cc1. The fraction of sp³-hybridized carbons (Fsp3) is 0.400. The van der Waals surface area contributed by atoms with E-state index in [1.165, 1.54) is 18.4 Å². The topological polar surface area (TPSA) is 26.3 Å². The summed E-state index contributed by atoms with van der Waals surface area (Å²) in [7, 11) is 0. The highest BCUT2D eigenvalue weighted by Crippen LogP contribution is 2.16. The van der Waals surface area contributed by atoms with E-state index in [2.05, 4.69) is 25.6 Å². The number of benzene rings is 1. The molecule has 0 fully saturated rings. The van der Waals surface area contributed by atoms with Crippen LogP contribution in [0, 0.1) is 0 Å². The molecule has 17 heavy (non-hydrogen) atoms. The molecule has 92 valence electrons. The van der Waals surface area contributed by atoms with Gasteiger partial charge in [0.05, 0.1) is 12.2 Å². The summed E-state index contributed by atoms with van der Waals surface area (Å²) in [6.45, 7) is 8.11. The Morgan fingerprint density at radius 2 is 1.88 bits per heavy atom. The second-order valence-electron chi connectivity index (χ2n) is 4.00. The van der Waals surface area contributed by atoms with Crippen LogP contribution in [0.5, 0.6) is 0 Å². The van der Waals surface area contributed by atoms with Crippen molar-refractivity contribution in [3.8, 4) is 0 Å². The van der Waals surface area contributed by atoms with E-state index < -0.39 is 0 Å². The van der Waals surface area contributed by atoms with Gasteiger partial charge < -0.3 is 4.74 Å². The van der Waals surface area contributed by atoms with Gasteiger partial charge in [-0.2, -0.15) is 0 Å². The van der Waals surface area contributed by atoms with Crippen LogP contribution in [0.4, 0.5) is 0 Å². The number of unbranched alkanes of at least 4 members (excludes halogenated alkanes) is 1. The van der Waals surface area contributed by atoms with Crippen molar-refractivity contribution < 1.29 is 9.53 Å². The van der Waals surface area contributed by atoms with Crippen molar-refractivity contribution in [3.63, 3.8) is 0 Å². The molecule has 0 aliphatic heterocycles. The first kappa shape index (κ1) is 13.5. The lowest BCUT2D eigenvalue weighted by atomic mass is 10.0. The Kier molecular flexibility index (Phi) is 5.47. The molecule has 0 aromatic heterocycles. The van der Waals surface area contributed by atoms with Crippen LogP contribution in [0.3, 0.4) is 0 Å². The van der Waals surface area contributed by atoms with Crippen molar-refractivity contribution in [3.05, 3.63) is 42.0 Å². The highest BCUT2D eigenvalue weighted by molar-refractivity contribution is 6.15. The molecule has 1 aromatic rings. The third-order valence-corrected chi connectivity index (χ3v) is 2.64. The minimum absolute atomic E-state index is 0.339. The largest absolute Gasteiger partial charge is 0.462 e. The predicted molar refractivity (Wildman–Crippen MR) is 70.7 cm³/mol. The minimum atomic E-state index is -0.339. The molecule has 2 heteroatoms. The van der Waals surface area contributed by atoms with Crippen molar-refractivity contribution in [2.45, 2.75) is 33.1 Å². The molecule has 0 heterocycles. The van der Waals surface area contributed by atoms with Crippen LogP contribution in [0.2, 0.25) is 0 Å². The molecule has 0 amide bonds. The Morgan fingerprint density at radius 3 is 2.41 bits per heavy atom. The van der Waals surface area contributed by atoms with Crippen molar-refractivity contribution in [1.29, 1.82) is 0 Å². The Morgan fingerprint density at radius 1 is 1.24 bits per heavy atom. The van der Waals surface area contributed by atoms with Crippen molar-refractivity contribution in [1.82, 2.24) is 0 Å². The molecule has 1 rings (SSSR count). The summed E-state index contributed by atoms with van der Waals surface area (Å²) < 4.78 is 4.91. The van der Waals surface area contributed by atoms with Gasteiger partial charge in [0.2, 0.25) is 0 Å². The summed E-state index contributed by atoms with van der Waals surface area (Å²) in [5.74, 6) is -0.339. The van der Waals surface area contributed by atoms with Crippen molar-refractivity contribution in [2.24, 2.45) is 0 Å². The van der Waals surface area contributed by atoms with Crippen LogP contribution >= 0.6 is 0 Å². The van der Waals surface area contributed by atoms with E-state index in [0.29, 0.717) is 12.2 Å². The van der Waals surface area contributed by atoms with Crippen LogP contribution in [-0.2, 0) is 16.0 Å². The Labute approximate surface area is 103 Å². The Bertz CT molecular complexity index is 376. The zero-order valence-electron chi connectivity index (χ0n) is 10.7. The van der Waals surface area contributed by atoms with E-state index in [9.17, 15) is 4.79 Å². The first-order chi connectivity index (χ1) is 8.19. The maximum Gasteiger partial charge on any atom is 0.338 e. The van der Waals surface area contributed by atoms with Gasteiger partial charge in [-0.3, -0.25) is 0 Å². The molecule has 0 saturated carbocycles. The number of esters is 1. The first-order valence-corrected chi connectivity index (χ1v) is 6.14. The molecule has 0 unspecified atom stereocenters. The van der Waals surface area contributed by atoms with Crippen LogP contribution in [0.15, 0.2) is 30.8 Å². The van der Waals surface area contributed by atoms with Gasteiger partial charge in [-0.05, 0) is 30.9 Å². The second-order valence-corrected chi connectivity index (χ2v) is 4.00. The molecule has 2 nitrogen and oxygen atoms in total. The molecule has 0 radical (unpaired) electrons. The Hall–Kier alpha value is -1.57. The van der Waals surface area contributed by atoms with Gasteiger partial charge in [0.15, 0.2) is 0 Å². The van der Waals surface area contributed by atoms with E-state index in [0.717, 1.165) is 12.0 Å². The molecule has 0 aliphatic carbocycles. The average Bonchev–Trinajstić information content (AvgIpc) is 2.36. The lowest BCUT2D eigenvalue weighted by Gasteiger charge is -2.06. The van der Waals surface area contributed by atoms with E-state index in [1.807, 2.05) is 12.1 Å². The number of aryl methyl sites for hydroxylation is 1. The van der Waals surface area contributed by atoms with Crippen LogP contribution in [0.1, 0.15) is 37.8 Å². The molecule has 0 aliphatic rings. The zero-order valence-corrected chi connectivity index (χ0v) is 10.7. The third-order valence-electron chi connectivity index (χ3n) is 2.64. The quantitative estimate of drug-likeness (QED) is 0.553. The lowest BCUT2D eigenvalue weighted by molar-refractivity contribution is -0.136. The summed E-state index contributed by atoms with van der Waals surface area (Å²) in [6, 6.07) is 7.97. The molecule has 0 atom stereocenters. The van der Waals surface area contributed by atoms with Gasteiger partial charge in [0, 0.05) is 0 Å². The van der Waals surface area contributed by atoms with Gasteiger partial charge in [-0.15, -0.1) is 0 Å². The monoisotopic (exact) mass is 232 g/mol. The molecular formula is C15H20O2. The lowest BCUT2D eigenvalue weighted by Crippen LogP contribution is -2.05. The van der Waals surface area contributed by atoms with Gasteiger partial charge in [-0.1, -0.05) is 44.2 Å². The smallest absolute Gasteiger partial charge is 0.338 e. The van der Waals surface area contributed by atoms with E-state index >= 15 is 0 Å². The summed E-state index contributed by atoms with van der Waals surface area (Å²) in [5, 5.41) is 0. The molecule has 0 saturated heterocycles. The second kappa shape index (κ2) is 6.89. The minimum Gasteiger partial charge on any atom is -0.462 e. The normalized spacial score (nSPS) is 10.0. The fourth-order valence-electron chi connectivity index (χ4n) is 1.59. The van der Waals surface area contributed by atoms with Crippen LogP contribution in [-0.4, -0.2) is 12.6 Å². The average molecular weight is 232 g/mol. The first-order valence-electron chi connectivity index (χ1n) is 6.14. The summed E-state index contributed by atoms with van der Waals surface area (Å²) in [4.78, 5) is 11.5. The van der Waals surface area contributed by atoms with Crippen molar-refractivity contribution in [2.75, 3.05) is 6.61 Å². The number of rotatable bonds is 6. The standard InChI is InChI=1S/C15H20O2/c1-4-6-7-13-8-10-14(11-9-13)12(3)15(16)17-5-2/h8-11H,3-7H2,1-2H3.